The Balaban J connectivity index is 1.98. The van der Waals surface area contributed by atoms with Crippen LogP contribution in [0.2, 0.25) is 0 Å². The molecule has 1 aromatic heterocycles. The summed E-state index contributed by atoms with van der Waals surface area (Å²) in [6.07, 6.45) is 1.87. The first kappa shape index (κ1) is 17.6. The van der Waals surface area contributed by atoms with Crippen LogP contribution in [0.15, 0.2) is 34.9 Å². The van der Waals surface area contributed by atoms with Gasteiger partial charge < -0.3 is 4.52 Å². The summed E-state index contributed by atoms with van der Waals surface area (Å²) in [5.41, 5.74) is 1.12. The maximum absolute atomic E-state index is 11.7. The molecule has 0 aliphatic heterocycles. The van der Waals surface area contributed by atoms with E-state index in [1.807, 2.05) is 49.2 Å². The Morgan fingerprint density at radius 1 is 1.22 bits per heavy atom. The number of hydrogen-bond donors (Lipinski definition) is 0. The summed E-state index contributed by atoms with van der Waals surface area (Å²) >= 11 is 0. The van der Waals surface area contributed by atoms with Gasteiger partial charge in [0.15, 0.2) is 15.7 Å². The van der Waals surface area contributed by atoms with Crippen LogP contribution in [0.25, 0.3) is 0 Å². The molecule has 126 valence electrons. The van der Waals surface area contributed by atoms with Gasteiger partial charge in [-0.1, -0.05) is 35.5 Å². The van der Waals surface area contributed by atoms with Crippen LogP contribution in [0.4, 0.5) is 0 Å². The van der Waals surface area contributed by atoms with Gasteiger partial charge in [-0.3, -0.25) is 4.90 Å². The molecule has 0 N–H and O–H groups in total. The maximum atomic E-state index is 11.7. The molecule has 1 aromatic carbocycles. The van der Waals surface area contributed by atoms with Gasteiger partial charge in [0.25, 0.3) is 0 Å². The summed E-state index contributed by atoms with van der Waals surface area (Å²) in [5, 5.41) is 3.53. The fourth-order valence-electron chi connectivity index (χ4n) is 2.28. The molecule has 0 saturated heterocycles. The van der Waals surface area contributed by atoms with Crippen molar-refractivity contribution in [3.63, 3.8) is 0 Å². The van der Waals surface area contributed by atoms with Crippen molar-refractivity contribution in [1.29, 1.82) is 0 Å². The normalized spacial score (nSPS) is 14.8. The van der Waals surface area contributed by atoms with Gasteiger partial charge in [0.1, 0.15) is 0 Å². The topological polar surface area (TPSA) is 76.3 Å². The monoisotopic (exact) mass is 337 g/mol. The third-order valence-corrected chi connectivity index (χ3v) is 5.89. The fourth-order valence-corrected chi connectivity index (χ4v) is 3.20. The van der Waals surface area contributed by atoms with E-state index in [4.69, 9.17) is 4.52 Å². The van der Waals surface area contributed by atoms with E-state index in [1.165, 1.54) is 6.26 Å². The van der Waals surface area contributed by atoms with Gasteiger partial charge in [0, 0.05) is 18.7 Å². The van der Waals surface area contributed by atoms with E-state index in [-0.39, 0.29) is 6.04 Å². The first-order chi connectivity index (χ1) is 10.8. The summed E-state index contributed by atoms with van der Waals surface area (Å²) in [7, 11) is -1.23. The Labute approximate surface area is 137 Å². The van der Waals surface area contributed by atoms with E-state index < -0.39 is 15.1 Å². The summed E-state index contributed by atoms with van der Waals surface area (Å²) in [6.45, 7) is 4.01. The minimum Gasteiger partial charge on any atom is -0.338 e. The lowest BCUT2D eigenvalue weighted by Crippen LogP contribution is -2.40. The van der Waals surface area contributed by atoms with E-state index in [1.54, 1.807) is 6.92 Å². The van der Waals surface area contributed by atoms with Crippen molar-refractivity contribution in [2.24, 2.45) is 0 Å². The molecule has 0 radical (unpaired) electrons. The van der Waals surface area contributed by atoms with Gasteiger partial charge >= 0.3 is 0 Å². The highest BCUT2D eigenvalue weighted by atomic mass is 32.2. The van der Waals surface area contributed by atoms with Crippen molar-refractivity contribution in [3.05, 3.63) is 47.6 Å². The van der Waals surface area contributed by atoms with Crippen molar-refractivity contribution in [2.45, 2.75) is 38.1 Å². The zero-order chi connectivity index (χ0) is 17.0. The summed E-state index contributed by atoms with van der Waals surface area (Å²) in [5.74, 6) is 1.12. The molecule has 2 atom stereocenters. The molecule has 0 aliphatic carbocycles. The SMILES string of the molecule is C[C@@H]([C@H](C)S(C)(=O)=O)N(C)Cc1nc(Cc2ccccc2)no1. The predicted molar refractivity (Wildman–Crippen MR) is 88.8 cm³/mol. The first-order valence-electron chi connectivity index (χ1n) is 7.52. The van der Waals surface area contributed by atoms with Crippen LogP contribution >= 0.6 is 0 Å². The lowest BCUT2D eigenvalue weighted by Gasteiger charge is -2.27. The average molecular weight is 337 g/mol. The van der Waals surface area contributed by atoms with E-state index in [0.29, 0.717) is 24.7 Å². The van der Waals surface area contributed by atoms with E-state index in [9.17, 15) is 8.42 Å². The molecular weight excluding hydrogens is 314 g/mol. The highest BCUT2D eigenvalue weighted by Crippen LogP contribution is 2.13. The van der Waals surface area contributed by atoms with Crippen molar-refractivity contribution < 1.29 is 12.9 Å². The van der Waals surface area contributed by atoms with Gasteiger partial charge in [-0.05, 0) is 26.5 Å². The van der Waals surface area contributed by atoms with Crippen molar-refractivity contribution in [1.82, 2.24) is 15.0 Å². The molecule has 0 fully saturated rings. The first-order valence-corrected chi connectivity index (χ1v) is 9.47. The number of benzene rings is 1. The van der Waals surface area contributed by atoms with Crippen LogP contribution in [0.3, 0.4) is 0 Å². The quantitative estimate of drug-likeness (QED) is 0.768. The van der Waals surface area contributed by atoms with Gasteiger partial charge in [-0.25, -0.2) is 8.42 Å². The largest absolute Gasteiger partial charge is 0.338 e. The minimum atomic E-state index is -3.08. The van der Waals surface area contributed by atoms with E-state index in [2.05, 4.69) is 10.1 Å². The molecule has 0 bridgehead atoms. The van der Waals surface area contributed by atoms with Crippen molar-refractivity contribution in [3.8, 4) is 0 Å². The molecule has 0 aliphatic rings. The molecule has 23 heavy (non-hydrogen) atoms. The van der Waals surface area contributed by atoms with Crippen LogP contribution in [-0.2, 0) is 22.8 Å². The Morgan fingerprint density at radius 2 is 1.87 bits per heavy atom. The summed E-state index contributed by atoms with van der Waals surface area (Å²) < 4.78 is 28.6. The molecule has 1 heterocycles. The van der Waals surface area contributed by atoms with Crippen molar-refractivity contribution in [2.75, 3.05) is 13.3 Å². The van der Waals surface area contributed by atoms with Crippen molar-refractivity contribution >= 4 is 9.84 Å². The molecule has 0 saturated carbocycles. The average Bonchev–Trinajstić information content (AvgIpc) is 2.92. The zero-order valence-electron chi connectivity index (χ0n) is 13.9. The van der Waals surface area contributed by atoms with Gasteiger partial charge in [-0.15, -0.1) is 0 Å². The number of nitrogens with zero attached hydrogens (tertiary/aromatic N) is 3. The van der Waals surface area contributed by atoms with Crippen LogP contribution < -0.4 is 0 Å². The fraction of sp³-hybridized carbons (Fsp3) is 0.500. The highest BCUT2D eigenvalue weighted by Gasteiger charge is 2.26. The third kappa shape index (κ3) is 4.87. The smallest absolute Gasteiger partial charge is 0.240 e. The molecule has 2 aromatic rings. The van der Waals surface area contributed by atoms with Crippen LogP contribution in [0, 0.1) is 0 Å². The van der Waals surface area contributed by atoms with Gasteiger partial charge in [-0.2, -0.15) is 4.98 Å². The zero-order valence-corrected chi connectivity index (χ0v) is 14.7. The van der Waals surface area contributed by atoms with Gasteiger partial charge in [0.2, 0.25) is 5.89 Å². The van der Waals surface area contributed by atoms with E-state index >= 15 is 0 Å². The van der Waals surface area contributed by atoms with Crippen LogP contribution in [0.5, 0.6) is 0 Å². The lowest BCUT2D eigenvalue weighted by molar-refractivity contribution is 0.211. The lowest BCUT2D eigenvalue weighted by atomic mass is 10.1. The summed E-state index contributed by atoms with van der Waals surface area (Å²) in [6, 6.07) is 9.78. The molecule has 0 spiro atoms. The second-order valence-electron chi connectivity index (χ2n) is 5.96. The molecule has 0 amide bonds. The van der Waals surface area contributed by atoms with Gasteiger partial charge in [0.05, 0.1) is 11.8 Å². The second kappa shape index (κ2) is 7.23. The third-order valence-electron chi connectivity index (χ3n) is 4.15. The molecule has 0 unspecified atom stereocenters. The second-order valence-corrected chi connectivity index (χ2v) is 8.36. The standard InChI is InChI=1S/C16H23N3O3S/c1-12(13(2)23(4,20)21)19(3)11-16-17-15(18-22-16)10-14-8-6-5-7-9-14/h5-9,12-13H,10-11H2,1-4H3/t12-,13-/m0/s1. The minimum absolute atomic E-state index is 0.144. The maximum Gasteiger partial charge on any atom is 0.240 e. The van der Waals surface area contributed by atoms with E-state index in [0.717, 1.165) is 5.56 Å². The molecule has 2 rings (SSSR count). The Bertz CT molecular complexity index is 728. The Hall–Kier alpha value is -1.73. The summed E-state index contributed by atoms with van der Waals surface area (Å²) in [4.78, 5) is 6.29. The highest BCUT2D eigenvalue weighted by molar-refractivity contribution is 7.91. The molecular formula is C16H23N3O3S. The molecule has 6 nitrogen and oxygen atoms in total. The number of hydrogen-bond acceptors (Lipinski definition) is 6. The Kier molecular flexibility index (Phi) is 5.54. The predicted octanol–water partition coefficient (Wildman–Crippen LogP) is 1.91. The number of sulfone groups is 1. The van der Waals surface area contributed by atoms with Crippen LogP contribution in [-0.4, -0.2) is 48.1 Å². The van der Waals surface area contributed by atoms with Crippen LogP contribution in [0.1, 0.15) is 31.1 Å². The molecule has 7 heteroatoms. The number of aromatic nitrogens is 2. The number of rotatable bonds is 7. The Morgan fingerprint density at radius 3 is 2.48 bits per heavy atom.